The lowest BCUT2D eigenvalue weighted by Crippen LogP contribution is -2.34. The highest BCUT2D eigenvalue weighted by Crippen LogP contribution is 2.27. The van der Waals surface area contributed by atoms with Crippen LogP contribution in [0.2, 0.25) is 0 Å². The average Bonchev–Trinajstić information content (AvgIpc) is 2.65. The molecule has 2 aromatic rings. The third-order valence-corrected chi connectivity index (χ3v) is 3.94. The molecule has 0 fully saturated rings. The van der Waals surface area contributed by atoms with E-state index in [0.717, 1.165) is 16.9 Å². The Morgan fingerprint density at radius 1 is 1.00 bits per heavy atom. The summed E-state index contributed by atoms with van der Waals surface area (Å²) in [5, 5.41) is 0. The molecule has 0 radical (unpaired) electrons. The van der Waals surface area contributed by atoms with E-state index in [9.17, 15) is 4.79 Å². The first-order valence-electron chi connectivity index (χ1n) is 8.25. The van der Waals surface area contributed by atoms with Crippen molar-refractivity contribution in [1.82, 2.24) is 4.90 Å². The zero-order valence-corrected chi connectivity index (χ0v) is 15.2. The van der Waals surface area contributed by atoms with Gasteiger partial charge in [0.15, 0.2) is 18.1 Å². The normalized spacial score (nSPS) is 10.2. The van der Waals surface area contributed by atoms with Gasteiger partial charge < -0.3 is 19.1 Å². The number of aryl methyl sites for hydroxylation is 1. The number of benzene rings is 2. The van der Waals surface area contributed by atoms with Gasteiger partial charge in [-0.05, 0) is 49.2 Å². The lowest BCUT2D eigenvalue weighted by molar-refractivity contribution is -0.133. The molecule has 0 atom stereocenters. The van der Waals surface area contributed by atoms with Gasteiger partial charge in [-0.2, -0.15) is 0 Å². The fourth-order valence-corrected chi connectivity index (χ4v) is 2.45. The number of nitrogens with zero attached hydrogens (tertiary/aromatic N) is 1. The van der Waals surface area contributed by atoms with E-state index < -0.39 is 0 Å². The Morgan fingerprint density at radius 2 is 1.72 bits per heavy atom. The highest BCUT2D eigenvalue weighted by Gasteiger charge is 2.14. The molecule has 0 heterocycles. The van der Waals surface area contributed by atoms with Gasteiger partial charge in [-0.3, -0.25) is 4.79 Å². The van der Waals surface area contributed by atoms with Crippen LogP contribution < -0.4 is 14.2 Å². The minimum atomic E-state index is -0.0686. The van der Waals surface area contributed by atoms with E-state index in [4.69, 9.17) is 14.2 Å². The molecule has 0 unspecified atom stereocenters. The summed E-state index contributed by atoms with van der Waals surface area (Å²) >= 11 is 0. The van der Waals surface area contributed by atoms with Gasteiger partial charge in [-0.15, -0.1) is 0 Å². The van der Waals surface area contributed by atoms with Crippen molar-refractivity contribution in [1.29, 1.82) is 0 Å². The molecular weight excluding hydrogens is 318 g/mol. The van der Waals surface area contributed by atoms with Crippen LogP contribution in [-0.4, -0.2) is 38.2 Å². The lowest BCUT2D eigenvalue weighted by atomic mass is 10.2. The predicted octanol–water partition coefficient (Wildman–Crippen LogP) is 3.44. The Morgan fingerprint density at radius 3 is 2.32 bits per heavy atom. The number of rotatable bonds is 8. The second-order valence-electron chi connectivity index (χ2n) is 5.70. The minimum absolute atomic E-state index is 0.0244. The summed E-state index contributed by atoms with van der Waals surface area (Å²) in [7, 11) is 3.22. The van der Waals surface area contributed by atoms with Crippen molar-refractivity contribution < 1.29 is 19.0 Å². The van der Waals surface area contributed by atoms with Crippen LogP contribution in [0.4, 0.5) is 0 Å². The van der Waals surface area contributed by atoms with Gasteiger partial charge >= 0.3 is 0 Å². The van der Waals surface area contributed by atoms with Gasteiger partial charge in [0.1, 0.15) is 5.75 Å². The highest BCUT2D eigenvalue weighted by molar-refractivity contribution is 5.77. The number of hydrogen-bond acceptors (Lipinski definition) is 4. The smallest absolute Gasteiger partial charge is 0.260 e. The summed E-state index contributed by atoms with van der Waals surface area (Å²) in [6.45, 7) is 5.05. The molecule has 1 amide bonds. The first-order valence-corrected chi connectivity index (χ1v) is 8.25. The summed E-state index contributed by atoms with van der Waals surface area (Å²) in [5.41, 5.74) is 2.12. The zero-order valence-electron chi connectivity index (χ0n) is 15.2. The van der Waals surface area contributed by atoms with Crippen molar-refractivity contribution in [2.75, 3.05) is 27.4 Å². The van der Waals surface area contributed by atoms with E-state index >= 15 is 0 Å². The Balaban J connectivity index is 1.97. The third-order valence-electron chi connectivity index (χ3n) is 3.94. The maximum absolute atomic E-state index is 12.5. The summed E-state index contributed by atoms with van der Waals surface area (Å²) in [5.74, 6) is 1.93. The molecule has 5 heteroatoms. The van der Waals surface area contributed by atoms with Crippen molar-refractivity contribution in [3.63, 3.8) is 0 Å². The molecule has 5 nitrogen and oxygen atoms in total. The van der Waals surface area contributed by atoms with Crippen LogP contribution in [0.1, 0.15) is 18.1 Å². The largest absolute Gasteiger partial charge is 0.497 e. The minimum Gasteiger partial charge on any atom is -0.497 e. The number of methoxy groups -OCH3 is 2. The predicted molar refractivity (Wildman–Crippen MR) is 97.3 cm³/mol. The average molecular weight is 343 g/mol. The van der Waals surface area contributed by atoms with Crippen LogP contribution in [0.25, 0.3) is 0 Å². The van der Waals surface area contributed by atoms with Gasteiger partial charge in [0.2, 0.25) is 0 Å². The molecular formula is C20H25NO4. The van der Waals surface area contributed by atoms with Gasteiger partial charge in [0.05, 0.1) is 14.2 Å². The molecule has 0 N–H and O–H groups in total. The molecule has 0 spiro atoms. The highest BCUT2D eigenvalue weighted by atomic mass is 16.5. The van der Waals surface area contributed by atoms with Gasteiger partial charge in [-0.25, -0.2) is 0 Å². The van der Waals surface area contributed by atoms with Crippen LogP contribution >= 0.6 is 0 Å². The first kappa shape index (κ1) is 18.6. The van der Waals surface area contributed by atoms with E-state index in [1.54, 1.807) is 19.1 Å². The Kier molecular flexibility index (Phi) is 6.69. The second kappa shape index (κ2) is 8.97. The number of carbonyl (C=O) groups excluding carboxylic acids is 1. The molecule has 0 saturated heterocycles. The molecule has 0 aliphatic carbocycles. The number of carbonyl (C=O) groups is 1. The maximum Gasteiger partial charge on any atom is 0.260 e. The van der Waals surface area contributed by atoms with Crippen LogP contribution in [-0.2, 0) is 11.3 Å². The van der Waals surface area contributed by atoms with Crippen LogP contribution in [0, 0.1) is 6.92 Å². The zero-order chi connectivity index (χ0) is 18.2. The summed E-state index contributed by atoms with van der Waals surface area (Å²) in [4.78, 5) is 14.2. The SMILES string of the molecule is CCN(Cc1ccc(OC)cc1)C(=O)COc1ccc(C)cc1OC. The Hall–Kier alpha value is -2.69. The number of hydrogen-bond donors (Lipinski definition) is 0. The van der Waals surface area contributed by atoms with Crippen molar-refractivity contribution in [3.8, 4) is 17.2 Å². The van der Waals surface area contributed by atoms with Crippen molar-refractivity contribution >= 4 is 5.91 Å². The first-order chi connectivity index (χ1) is 12.1. The summed E-state index contributed by atoms with van der Waals surface area (Å²) < 4.78 is 16.1. The van der Waals surface area contributed by atoms with Crippen LogP contribution in [0.15, 0.2) is 42.5 Å². The van der Waals surface area contributed by atoms with E-state index in [1.165, 1.54) is 0 Å². The van der Waals surface area contributed by atoms with E-state index in [-0.39, 0.29) is 12.5 Å². The fraction of sp³-hybridized carbons (Fsp3) is 0.350. The van der Waals surface area contributed by atoms with E-state index in [0.29, 0.717) is 24.6 Å². The molecule has 25 heavy (non-hydrogen) atoms. The molecule has 2 aromatic carbocycles. The molecule has 0 bridgehead atoms. The molecule has 0 aliphatic rings. The Bertz CT molecular complexity index is 697. The molecule has 0 aliphatic heterocycles. The maximum atomic E-state index is 12.5. The topological polar surface area (TPSA) is 48.0 Å². The fourth-order valence-electron chi connectivity index (χ4n) is 2.45. The van der Waals surface area contributed by atoms with Crippen LogP contribution in [0.3, 0.4) is 0 Å². The number of amides is 1. The summed E-state index contributed by atoms with van der Waals surface area (Å²) in [6.07, 6.45) is 0. The van der Waals surface area contributed by atoms with Crippen molar-refractivity contribution in [2.45, 2.75) is 20.4 Å². The molecule has 0 saturated carbocycles. The van der Waals surface area contributed by atoms with Gasteiger partial charge in [0, 0.05) is 13.1 Å². The van der Waals surface area contributed by atoms with Crippen molar-refractivity contribution in [2.24, 2.45) is 0 Å². The van der Waals surface area contributed by atoms with Gasteiger partial charge in [0.25, 0.3) is 5.91 Å². The van der Waals surface area contributed by atoms with Crippen molar-refractivity contribution in [3.05, 3.63) is 53.6 Å². The quantitative estimate of drug-likeness (QED) is 0.737. The van der Waals surface area contributed by atoms with Crippen LogP contribution in [0.5, 0.6) is 17.2 Å². The third kappa shape index (κ3) is 5.14. The lowest BCUT2D eigenvalue weighted by Gasteiger charge is -2.21. The second-order valence-corrected chi connectivity index (χ2v) is 5.70. The monoisotopic (exact) mass is 343 g/mol. The number of likely N-dealkylation sites (N-methyl/N-ethyl adjacent to an activating group) is 1. The molecule has 0 aromatic heterocycles. The molecule has 134 valence electrons. The van der Waals surface area contributed by atoms with E-state index in [1.807, 2.05) is 56.3 Å². The standard InChI is InChI=1S/C20H25NO4/c1-5-21(13-16-7-9-17(23-3)10-8-16)20(22)14-25-18-11-6-15(2)12-19(18)24-4/h6-12H,5,13-14H2,1-4H3. The Labute approximate surface area is 149 Å². The molecule has 2 rings (SSSR count). The number of ether oxygens (including phenoxy) is 3. The summed E-state index contributed by atoms with van der Waals surface area (Å²) in [6, 6.07) is 13.3. The van der Waals surface area contributed by atoms with E-state index in [2.05, 4.69) is 0 Å². The van der Waals surface area contributed by atoms with Gasteiger partial charge in [-0.1, -0.05) is 18.2 Å².